The molecule has 0 aliphatic heterocycles. The summed E-state index contributed by atoms with van der Waals surface area (Å²) in [6, 6.07) is 16.8. The number of hydrogen-bond acceptors (Lipinski definition) is 3. The third-order valence-electron chi connectivity index (χ3n) is 3.33. The Morgan fingerprint density at radius 2 is 1.86 bits per heavy atom. The Hall–Kier alpha value is -1.87. The lowest BCUT2D eigenvalue weighted by Gasteiger charge is -2.19. The highest BCUT2D eigenvalue weighted by molar-refractivity contribution is 5.23. The maximum absolute atomic E-state index is 5.48. The van der Waals surface area contributed by atoms with E-state index in [2.05, 4.69) is 47.6 Å². The summed E-state index contributed by atoms with van der Waals surface area (Å²) in [6.45, 7) is 5.81. The van der Waals surface area contributed by atoms with Crippen LogP contribution in [0.3, 0.4) is 0 Å². The van der Waals surface area contributed by atoms with Gasteiger partial charge in [0.05, 0.1) is 6.61 Å². The fourth-order valence-corrected chi connectivity index (χ4v) is 2.32. The lowest BCUT2D eigenvalue weighted by molar-refractivity contribution is 0.325. The van der Waals surface area contributed by atoms with Gasteiger partial charge in [-0.15, -0.1) is 0 Å². The van der Waals surface area contributed by atoms with Gasteiger partial charge in [-0.05, 0) is 31.5 Å². The molecule has 2 aromatic rings. The van der Waals surface area contributed by atoms with Crippen molar-refractivity contribution in [3.8, 4) is 5.88 Å². The van der Waals surface area contributed by atoms with Gasteiger partial charge in [-0.1, -0.05) is 43.3 Å². The molecule has 0 spiro atoms. The van der Waals surface area contributed by atoms with Crippen molar-refractivity contribution in [2.24, 2.45) is 0 Å². The molecule has 3 nitrogen and oxygen atoms in total. The summed E-state index contributed by atoms with van der Waals surface area (Å²) in [5, 5.41) is 3.60. The number of nitrogens with zero attached hydrogens (tertiary/aromatic N) is 1. The summed E-state index contributed by atoms with van der Waals surface area (Å²) in [7, 11) is 0. The van der Waals surface area contributed by atoms with Crippen LogP contribution in [-0.2, 0) is 6.42 Å². The van der Waals surface area contributed by atoms with Crippen molar-refractivity contribution < 1.29 is 4.74 Å². The topological polar surface area (TPSA) is 34.1 Å². The van der Waals surface area contributed by atoms with E-state index in [0.29, 0.717) is 12.5 Å². The highest BCUT2D eigenvalue weighted by atomic mass is 16.5. The van der Waals surface area contributed by atoms with Crippen LogP contribution >= 0.6 is 0 Å². The Morgan fingerprint density at radius 1 is 1.05 bits per heavy atom. The van der Waals surface area contributed by atoms with Gasteiger partial charge in [0.1, 0.15) is 0 Å². The summed E-state index contributed by atoms with van der Waals surface area (Å²) in [4.78, 5) is 4.57. The highest BCUT2D eigenvalue weighted by Gasteiger charge is 2.12. The molecular formula is C18H24N2O. The SMILES string of the molecule is CCCNC(Cc1cccc(OCC)n1)c1ccccc1. The van der Waals surface area contributed by atoms with Crippen LogP contribution < -0.4 is 10.1 Å². The number of pyridine rings is 1. The molecule has 0 amide bonds. The maximum atomic E-state index is 5.48. The average Bonchev–Trinajstić information content (AvgIpc) is 2.53. The number of aromatic nitrogens is 1. The molecule has 1 heterocycles. The van der Waals surface area contributed by atoms with Crippen molar-refractivity contribution >= 4 is 0 Å². The third-order valence-corrected chi connectivity index (χ3v) is 3.33. The molecule has 1 aromatic carbocycles. The fraction of sp³-hybridized carbons (Fsp3) is 0.389. The van der Waals surface area contributed by atoms with E-state index in [0.717, 1.165) is 25.1 Å². The average molecular weight is 284 g/mol. The zero-order valence-electron chi connectivity index (χ0n) is 12.9. The molecule has 0 saturated heterocycles. The smallest absolute Gasteiger partial charge is 0.213 e. The fourth-order valence-electron chi connectivity index (χ4n) is 2.32. The van der Waals surface area contributed by atoms with Crippen molar-refractivity contribution in [1.29, 1.82) is 0 Å². The molecular weight excluding hydrogens is 260 g/mol. The third kappa shape index (κ3) is 4.87. The van der Waals surface area contributed by atoms with E-state index in [1.165, 1.54) is 5.56 Å². The normalized spacial score (nSPS) is 12.1. The molecule has 0 radical (unpaired) electrons. The van der Waals surface area contributed by atoms with Crippen LogP contribution in [0.5, 0.6) is 5.88 Å². The molecule has 3 heteroatoms. The van der Waals surface area contributed by atoms with Crippen LogP contribution in [0.15, 0.2) is 48.5 Å². The summed E-state index contributed by atoms with van der Waals surface area (Å²) in [5.74, 6) is 0.706. The Kier molecular flexibility index (Phi) is 6.22. The Morgan fingerprint density at radius 3 is 2.57 bits per heavy atom. The number of nitrogens with one attached hydrogen (secondary N) is 1. The first kappa shape index (κ1) is 15.5. The molecule has 0 fully saturated rings. The minimum Gasteiger partial charge on any atom is -0.478 e. The minimum atomic E-state index is 0.288. The lowest BCUT2D eigenvalue weighted by atomic mass is 10.0. The molecule has 0 aliphatic carbocycles. The number of benzene rings is 1. The summed E-state index contributed by atoms with van der Waals surface area (Å²) < 4.78 is 5.48. The van der Waals surface area contributed by atoms with E-state index in [4.69, 9.17) is 4.74 Å². The van der Waals surface area contributed by atoms with E-state index in [1.54, 1.807) is 0 Å². The van der Waals surface area contributed by atoms with Gasteiger partial charge in [-0.3, -0.25) is 0 Å². The van der Waals surface area contributed by atoms with E-state index in [1.807, 2.05) is 25.1 Å². The van der Waals surface area contributed by atoms with Crippen LogP contribution in [0.1, 0.15) is 37.6 Å². The van der Waals surface area contributed by atoms with E-state index in [-0.39, 0.29) is 6.04 Å². The van der Waals surface area contributed by atoms with Crippen LogP contribution in [0.4, 0.5) is 0 Å². The van der Waals surface area contributed by atoms with Crippen molar-refractivity contribution in [2.75, 3.05) is 13.2 Å². The zero-order valence-corrected chi connectivity index (χ0v) is 12.9. The summed E-state index contributed by atoms with van der Waals surface area (Å²) in [5.41, 5.74) is 2.35. The molecule has 1 unspecified atom stereocenters. The molecule has 0 saturated carbocycles. The van der Waals surface area contributed by atoms with Crippen LogP contribution in [0, 0.1) is 0 Å². The second kappa shape index (κ2) is 8.42. The van der Waals surface area contributed by atoms with Crippen LogP contribution in [0.25, 0.3) is 0 Å². The predicted molar refractivity (Wildman–Crippen MR) is 86.6 cm³/mol. The van der Waals surface area contributed by atoms with Crippen molar-refractivity contribution in [2.45, 2.75) is 32.7 Å². The van der Waals surface area contributed by atoms with E-state index in [9.17, 15) is 0 Å². The van der Waals surface area contributed by atoms with Crippen LogP contribution in [-0.4, -0.2) is 18.1 Å². The molecule has 1 N–H and O–H groups in total. The van der Waals surface area contributed by atoms with Crippen molar-refractivity contribution in [3.63, 3.8) is 0 Å². The van der Waals surface area contributed by atoms with E-state index < -0.39 is 0 Å². The summed E-state index contributed by atoms with van der Waals surface area (Å²) in [6.07, 6.45) is 1.99. The summed E-state index contributed by atoms with van der Waals surface area (Å²) >= 11 is 0. The quantitative estimate of drug-likeness (QED) is 0.801. The maximum Gasteiger partial charge on any atom is 0.213 e. The van der Waals surface area contributed by atoms with Gasteiger partial charge in [0.15, 0.2) is 0 Å². The minimum absolute atomic E-state index is 0.288. The molecule has 0 bridgehead atoms. The molecule has 1 atom stereocenters. The Balaban J connectivity index is 2.12. The second-order valence-corrected chi connectivity index (χ2v) is 5.02. The Bertz CT molecular complexity index is 528. The van der Waals surface area contributed by atoms with E-state index >= 15 is 0 Å². The number of ether oxygens (including phenoxy) is 1. The van der Waals surface area contributed by atoms with Gasteiger partial charge < -0.3 is 10.1 Å². The molecule has 1 aromatic heterocycles. The Labute approximate surface area is 127 Å². The molecule has 0 aliphatic rings. The lowest BCUT2D eigenvalue weighted by Crippen LogP contribution is -2.24. The first-order chi connectivity index (χ1) is 10.3. The highest BCUT2D eigenvalue weighted by Crippen LogP contribution is 2.19. The van der Waals surface area contributed by atoms with Gasteiger partial charge in [-0.2, -0.15) is 0 Å². The van der Waals surface area contributed by atoms with Gasteiger partial charge >= 0.3 is 0 Å². The predicted octanol–water partition coefficient (Wildman–Crippen LogP) is 3.76. The van der Waals surface area contributed by atoms with Gasteiger partial charge in [0.2, 0.25) is 5.88 Å². The van der Waals surface area contributed by atoms with Crippen molar-refractivity contribution in [3.05, 3.63) is 59.8 Å². The van der Waals surface area contributed by atoms with Crippen molar-refractivity contribution in [1.82, 2.24) is 10.3 Å². The molecule has 112 valence electrons. The number of rotatable bonds is 8. The second-order valence-electron chi connectivity index (χ2n) is 5.02. The first-order valence-electron chi connectivity index (χ1n) is 7.70. The van der Waals surface area contributed by atoms with Gasteiger partial charge in [0.25, 0.3) is 0 Å². The van der Waals surface area contributed by atoms with Crippen LogP contribution in [0.2, 0.25) is 0 Å². The molecule has 21 heavy (non-hydrogen) atoms. The van der Waals surface area contributed by atoms with Gasteiger partial charge in [-0.25, -0.2) is 4.98 Å². The van der Waals surface area contributed by atoms with Gasteiger partial charge in [0, 0.05) is 24.2 Å². The molecule has 2 rings (SSSR count). The first-order valence-corrected chi connectivity index (χ1v) is 7.70. The zero-order chi connectivity index (χ0) is 14.9. The largest absolute Gasteiger partial charge is 0.478 e. The number of hydrogen-bond donors (Lipinski definition) is 1. The monoisotopic (exact) mass is 284 g/mol. The standard InChI is InChI=1S/C18H24N2O/c1-3-13-19-17(15-9-6-5-7-10-15)14-16-11-8-12-18(20-16)21-4-2/h5-12,17,19H,3-4,13-14H2,1-2H3.